The molecule has 0 unspecified atom stereocenters. The minimum Gasteiger partial charge on any atom is -1.00 e. The second kappa shape index (κ2) is 65.2. The van der Waals surface area contributed by atoms with Crippen LogP contribution in [0.1, 0.15) is 1.43 Å². The van der Waals surface area contributed by atoms with Gasteiger partial charge in [0.15, 0.2) is 12.4 Å². The number of nitrogens with two attached hydrogens (primary N) is 2. The van der Waals surface area contributed by atoms with Crippen molar-refractivity contribution in [3.05, 3.63) is 0 Å². The molecule has 0 aliphatic heterocycles. The first-order valence-electron chi connectivity index (χ1n) is 1.02. The Balaban J connectivity index is -0.0000000160. The molecule has 0 aromatic carbocycles. The molecule has 0 aromatic heterocycles. The van der Waals surface area contributed by atoms with Crippen LogP contribution in [0.3, 0.4) is 0 Å². The summed E-state index contributed by atoms with van der Waals surface area (Å²) in [5, 5.41) is 14.2. The van der Waals surface area contributed by atoms with Gasteiger partial charge >= 0.3 is 18.9 Å². The summed E-state index contributed by atoms with van der Waals surface area (Å²) in [5.74, 6) is 0. The fourth-order valence-corrected chi connectivity index (χ4v) is 0. The summed E-state index contributed by atoms with van der Waals surface area (Å²) in [4.78, 5) is 0. The smallest absolute Gasteiger partial charge is 1.00 e. The van der Waals surface area contributed by atoms with Crippen LogP contribution >= 0.6 is 0 Å². The fraction of sp³-hybridized carbons (Fsp3) is 0. The van der Waals surface area contributed by atoms with E-state index >= 15 is 0 Å². The van der Waals surface area contributed by atoms with Gasteiger partial charge in [-0.05, 0) is 0 Å². The SMILES string of the molecule is N#CN.N#CN.[H-].[Li+]. The van der Waals surface area contributed by atoms with E-state index < -0.39 is 0 Å². The van der Waals surface area contributed by atoms with Gasteiger partial charge in [-0.2, -0.15) is 10.5 Å². The van der Waals surface area contributed by atoms with Crippen molar-refractivity contribution in [3.8, 4) is 12.4 Å². The molecule has 0 saturated carbocycles. The van der Waals surface area contributed by atoms with E-state index in [1.165, 1.54) is 12.4 Å². The van der Waals surface area contributed by atoms with E-state index in [9.17, 15) is 0 Å². The molecule has 34 valence electrons. The zero-order valence-electron chi connectivity index (χ0n) is 5.05. The van der Waals surface area contributed by atoms with Gasteiger partial charge in [-0.15, -0.1) is 0 Å². The Kier molecular flexibility index (Phi) is 153. The number of nitrogens with zero attached hydrogens (tertiary/aromatic N) is 2. The summed E-state index contributed by atoms with van der Waals surface area (Å²) in [7, 11) is 0. The van der Waals surface area contributed by atoms with E-state index in [1.54, 1.807) is 0 Å². The molecule has 0 aromatic rings. The van der Waals surface area contributed by atoms with E-state index in [0.717, 1.165) is 0 Å². The third-order valence-corrected chi connectivity index (χ3v) is 0. The van der Waals surface area contributed by atoms with Crippen LogP contribution in [0.4, 0.5) is 0 Å². The maximum Gasteiger partial charge on any atom is 1.00 e. The van der Waals surface area contributed by atoms with Crippen LogP contribution in [0.25, 0.3) is 0 Å². The molecule has 0 radical (unpaired) electrons. The van der Waals surface area contributed by atoms with Gasteiger partial charge in [0.25, 0.3) is 0 Å². The van der Waals surface area contributed by atoms with Crippen LogP contribution in [0, 0.1) is 22.9 Å². The third kappa shape index (κ3) is 77.2. The molecule has 0 atom stereocenters. The molecule has 0 fully saturated rings. The normalized spacial score (nSPS) is 2.00. The zero-order valence-corrected chi connectivity index (χ0v) is 4.05. The Hall–Kier alpha value is -0.823. The summed E-state index contributed by atoms with van der Waals surface area (Å²) in [5.41, 5.74) is 8.31. The summed E-state index contributed by atoms with van der Waals surface area (Å²) < 4.78 is 0. The molecule has 0 spiro atoms. The van der Waals surface area contributed by atoms with Crippen LogP contribution in [-0.2, 0) is 0 Å². The molecule has 7 heavy (non-hydrogen) atoms. The first-order valence-corrected chi connectivity index (χ1v) is 1.02. The number of hydrogen-bond acceptors (Lipinski definition) is 4. The van der Waals surface area contributed by atoms with Crippen molar-refractivity contribution in [2.24, 2.45) is 11.5 Å². The summed E-state index contributed by atoms with van der Waals surface area (Å²) in [6.07, 6.45) is 2.50. The van der Waals surface area contributed by atoms with E-state index in [2.05, 4.69) is 11.5 Å². The van der Waals surface area contributed by atoms with Gasteiger partial charge in [0.1, 0.15) is 0 Å². The average molecular weight is 92.0 g/mol. The predicted molar refractivity (Wildman–Crippen MR) is 20.7 cm³/mol. The van der Waals surface area contributed by atoms with Crippen molar-refractivity contribution < 1.29 is 20.3 Å². The molecule has 0 aliphatic rings. The van der Waals surface area contributed by atoms with E-state index in [1.807, 2.05) is 0 Å². The van der Waals surface area contributed by atoms with Gasteiger partial charge in [0.2, 0.25) is 0 Å². The van der Waals surface area contributed by atoms with Crippen LogP contribution in [-0.4, -0.2) is 0 Å². The quantitative estimate of drug-likeness (QED) is 0.180. The first kappa shape index (κ1) is 16.4. The molecule has 0 heterocycles. The second-order valence-corrected chi connectivity index (χ2v) is 0.258. The standard InChI is InChI=1S/2CH2N2.Li.H/c2*2-1-3;;/h2*2H2;;/q;;+1;-1. The predicted octanol–water partition coefficient (Wildman–Crippen LogP) is -4.03. The van der Waals surface area contributed by atoms with Crippen LogP contribution in [0.2, 0.25) is 0 Å². The summed E-state index contributed by atoms with van der Waals surface area (Å²) in [6.45, 7) is 0. The number of nitriles is 2. The van der Waals surface area contributed by atoms with Crippen LogP contribution in [0.5, 0.6) is 0 Å². The maximum atomic E-state index is 7.10. The molecule has 0 bridgehead atoms. The fourth-order valence-electron chi connectivity index (χ4n) is 0. The van der Waals surface area contributed by atoms with Gasteiger partial charge in [0.05, 0.1) is 0 Å². The maximum absolute atomic E-state index is 7.10. The third-order valence-electron chi connectivity index (χ3n) is 0. The molecule has 0 amide bonds. The van der Waals surface area contributed by atoms with Crippen molar-refractivity contribution >= 4 is 0 Å². The summed E-state index contributed by atoms with van der Waals surface area (Å²) in [6, 6.07) is 0. The molecule has 4 nitrogen and oxygen atoms in total. The molecular weight excluding hydrogens is 87.0 g/mol. The monoisotopic (exact) mass is 92.1 g/mol. The van der Waals surface area contributed by atoms with Gasteiger partial charge < -0.3 is 12.9 Å². The Morgan fingerprint density at radius 3 is 1.14 bits per heavy atom. The number of rotatable bonds is 0. The van der Waals surface area contributed by atoms with Crippen molar-refractivity contribution in [1.82, 2.24) is 0 Å². The molecule has 5 heteroatoms. The zero-order chi connectivity index (χ0) is 5.41. The van der Waals surface area contributed by atoms with E-state index in [-0.39, 0.29) is 20.3 Å². The Labute approximate surface area is 55.4 Å². The molecule has 0 rings (SSSR count). The van der Waals surface area contributed by atoms with Gasteiger partial charge in [-0.25, -0.2) is 0 Å². The van der Waals surface area contributed by atoms with Crippen LogP contribution < -0.4 is 30.3 Å². The van der Waals surface area contributed by atoms with Crippen molar-refractivity contribution in [1.29, 1.82) is 10.5 Å². The minimum absolute atomic E-state index is 0. The van der Waals surface area contributed by atoms with E-state index in [4.69, 9.17) is 10.5 Å². The second-order valence-electron chi connectivity index (χ2n) is 0.258. The summed E-state index contributed by atoms with van der Waals surface area (Å²) >= 11 is 0. The van der Waals surface area contributed by atoms with Gasteiger partial charge in [-0.1, -0.05) is 0 Å². The largest absolute Gasteiger partial charge is 1.00 e. The number of hydrogen-bond donors (Lipinski definition) is 2. The van der Waals surface area contributed by atoms with E-state index in [0.29, 0.717) is 0 Å². The van der Waals surface area contributed by atoms with Crippen molar-refractivity contribution in [2.75, 3.05) is 0 Å². The van der Waals surface area contributed by atoms with Crippen molar-refractivity contribution in [2.45, 2.75) is 0 Å². The molecule has 0 saturated heterocycles. The van der Waals surface area contributed by atoms with Gasteiger partial charge in [-0.3, -0.25) is 0 Å². The van der Waals surface area contributed by atoms with Crippen molar-refractivity contribution in [3.63, 3.8) is 0 Å². The first-order chi connectivity index (χ1) is 2.83. The van der Waals surface area contributed by atoms with Crippen LogP contribution in [0.15, 0.2) is 0 Å². The molecular formula is C2H5LiN4. The minimum atomic E-state index is 0. The topological polar surface area (TPSA) is 99.6 Å². The molecule has 0 aliphatic carbocycles. The average Bonchev–Trinajstić information content (AvgIpc) is 1.39. The molecule has 4 N–H and O–H groups in total. The van der Waals surface area contributed by atoms with Gasteiger partial charge in [0, 0.05) is 0 Å². The Morgan fingerprint density at radius 2 is 1.14 bits per heavy atom. The Morgan fingerprint density at radius 1 is 1.14 bits per heavy atom. The Bertz CT molecular complexity index is 69.0.